The van der Waals surface area contributed by atoms with Crippen LogP contribution in [0.3, 0.4) is 0 Å². The Morgan fingerprint density at radius 2 is 1.58 bits per heavy atom. The van der Waals surface area contributed by atoms with E-state index in [1.807, 2.05) is 0 Å². The van der Waals surface area contributed by atoms with Crippen molar-refractivity contribution in [3.8, 4) is 12.3 Å². The Morgan fingerprint density at radius 3 is 2.04 bits per heavy atom. The van der Waals surface area contributed by atoms with Crippen LogP contribution >= 0.6 is 0 Å². The molecule has 0 spiro atoms. The first-order valence-corrected chi connectivity index (χ1v) is 8.17. The summed E-state index contributed by atoms with van der Waals surface area (Å²) in [5.41, 5.74) is 0.851. The third kappa shape index (κ3) is 4.16. The monoisotopic (exact) mass is 354 g/mol. The summed E-state index contributed by atoms with van der Waals surface area (Å²) >= 11 is 0. The minimum Gasteiger partial charge on any atom is -0.248 e. The number of hydrogen-bond donors (Lipinski definition) is 0. The van der Waals surface area contributed by atoms with Crippen LogP contribution in [-0.2, 0) is 14.3 Å². The van der Waals surface area contributed by atoms with Crippen molar-refractivity contribution >= 4 is 10.1 Å². The number of rotatable bonds is 4. The molecule has 0 radical (unpaired) electrons. The summed E-state index contributed by atoms with van der Waals surface area (Å²) in [6.07, 6.45) is -2.32. The van der Waals surface area contributed by atoms with Gasteiger partial charge in [-0.1, -0.05) is 35.7 Å². The van der Waals surface area contributed by atoms with Gasteiger partial charge in [-0.25, -0.2) is 4.18 Å². The van der Waals surface area contributed by atoms with Crippen molar-refractivity contribution in [1.29, 1.82) is 0 Å². The summed E-state index contributed by atoms with van der Waals surface area (Å²) in [5.74, 6) is 2.29. The van der Waals surface area contributed by atoms with Gasteiger partial charge in [0.25, 0.3) is 10.1 Å². The molecule has 2 aromatic rings. The first-order valence-electron chi connectivity index (χ1n) is 6.77. The molecule has 0 aliphatic rings. The first kappa shape index (κ1) is 18.0. The van der Waals surface area contributed by atoms with Gasteiger partial charge in [-0.3, -0.25) is 0 Å². The molecule has 2 rings (SSSR count). The predicted molar refractivity (Wildman–Crippen MR) is 82.6 cm³/mol. The molecule has 0 N–H and O–H groups in total. The molecule has 0 fully saturated rings. The molecule has 24 heavy (non-hydrogen) atoms. The van der Waals surface area contributed by atoms with Crippen LogP contribution in [0.15, 0.2) is 53.4 Å². The zero-order valence-corrected chi connectivity index (χ0v) is 13.4. The maximum atomic E-state index is 13.3. The minimum absolute atomic E-state index is 0.295. The maximum absolute atomic E-state index is 13.3. The summed E-state index contributed by atoms with van der Waals surface area (Å²) < 4.78 is 68.6. The molecule has 1 unspecified atom stereocenters. The van der Waals surface area contributed by atoms with Crippen LogP contribution in [0.4, 0.5) is 13.2 Å². The molecule has 1 atom stereocenters. The lowest BCUT2D eigenvalue weighted by Gasteiger charge is -2.21. The molecule has 0 bridgehead atoms. The summed E-state index contributed by atoms with van der Waals surface area (Å²) in [6, 6.07) is 10.1. The standard InChI is InChI=1S/C17H13F3O3S/c1-3-13-6-10-15(11-7-13)24(21,22)23-16(17(18,19)20)14-8-4-12(2)5-9-14/h1,4-11,16H,2H3. The molecule has 0 amide bonds. The smallest absolute Gasteiger partial charge is 0.248 e. The molecule has 0 heterocycles. The van der Waals surface area contributed by atoms with E-state index in [2.05, 4.69) is 10.1 Å². The highest BCUT2D eigenvalue weighted by molar-refractivity contribution is 7.86. The largest absolute Gasteiger partial charge is 0.420 e. The molecule has 7 heteroatoms. The summed E-state index contributed by atoms with van der Waals surface area (Å²) in [5, 5.41) is 0. The molecular formula is C17H13F3O3S. The Hall–Kier alpha value is -2.30. The van der Waals surface area contributed by atoms with E-state index < -0.39 is 27.3 Å². The van der Waals surface area contributed by atoms with Crippen LogP contribution in [-0.4, -0.2) is 14.6 Å². The molecule has 2 aromatic carbocycles. The number of halogens is 3. The number of aryl methyl sites for hydroxylation is 1. The number of benzene rings is 2. The molecule has 0 aliphatic carbocycles. The first-order chi connectivity index (χ1) is 11.1. The SMILES string of the molecule is C#Cc1ccc(S(=O)(=O)OC(c2ccc(C)cc2)C(F)(F)F)cc1. The Labute approximate surface area is 138 Å². The number of terminal acetylenes is 1. The minimum atomic E-state index is -4.89. The van der Waals surface area contributed by atoms with E-state index in [-0.39, 0.29) is 5.56 Å². The van der Waals surface area contributed by atoms with Crippen LogP contribution in [0, 0.1) is 19.3 Å². The highest BCUT2D eigenvalue weighted by atomic mass is 32.2. The van der Waals surface area contributed by atoms with Crippen LogP contribution in [0.5, 0.6) is 0 Å². The molecule has 0 aromatic heterocycles. The molecule has 0 aliphatic heterocycles. The van der Waals surface area contributed by atoms with E-state index in [0.29, 0.717) is 5.56 Å². The van der Waals surface area contributed by atoms with Crippen molar-refractivity contribution < 1.29 is 25.8 Å². The van der Waals surface area contributed by atoms with Crippen molar-refractivity contribution in [2.24, 2.45) is 0 Å². The van der Waals surface area contributed by atoms with Gasteiger partial charge in [-0.05, 0) is 36.8 Å². The normalized spacial score (nSPS) is 13.3. The fourth-order valence-electron chi connectivity index (χ4n) is 1.94. The van der Waals surface area contributed by atoms with Gasteiger partial charge in [0.15, 0.2) is 6.10 Å². The zero-order valence-electron chi connectivity index (χ0n) is 12.5. The molecule has 3 nitrogen and oxygen atoms in total. The Kier molecular flexibility index (Phi) is 5.02. The Bertz CT molecular complexity index is 846. The highest BCUT2D eigenvalue weighted by Crippen LogP contribution is 2.38. The van der Waals surface area contributed by atoms with E-state index >= 15 is 0 Å². The molecule has 126 valence electrons. The topological polar surface area (TPSA) is 43.4 Å². The third-order valence-corrected chi connectivity index (χ3v) is 4.51. The van der Waals surface area contributed by atoms with Crippen LogP contribution in [0.1, 0.15) is 22.8 Å². The van der Waals surface area contributed by atoms with Crippen molar-refractivity contribution in [2.75, 3.05) is 0 Å². The summed E-state index contributed by atoms with van der Waals surface area (Å²) in [4.78, 5) is -0.400. The van der Waals surface area contributed by atoms with E-state index in [0.717, 1.165) is 17.7 Å². The Morgan fingerprint density at radius 1 is 1.04 bits per heavy atom. The fraction of sp³-hybridized carbons (Fsp3) is 0.176. The van der Waals surface area contributed by atoms with Crippen molar-refractivity contribution in [3.63, 3.8) is 0 Å². The molecule has 0 saturated heterocycles. The van der Waals surface area contributed by atoms with Gasteiger partial charge in [0, 0.05) is 5.56 Å². The summed E-state index contributed by atoms with van der Waals surface area (Å²) in [7, 11) is -4.61. The summed E-state index contributed by atoms with van der Waals surface area (Å²) in [6.45, 7) is 1.71. The number of hydrogen-bond acceptors (Lipinski definition) is 3. The zero-order chi connectivity index (χ0) is 18.0. The highest BCUT2D eigenvalue weighted by Gasteiger charge is 2.45. The van der Waals surface area contributed by atoms with Gasteiger partial charge in [0.2, 0.25) is 0 Å². The van der Waals surface area contributed by atoms with Gasteiger partial charge in [0.1, 0.15) is 0 Å². The lowest BCUT2D eigenvalue weighted by atomic mass is 10.1. The Balaban J connectivity index is 2.38. The number of alkyl halides is 3. The van der Waals surface area contributed by atoms with Gasteiger partial charge in [0.05, 0.1) is 4.90 Å². The second-order valence-electron chi connectivity index (χ2n) is 5.05. The van der Waals surface area contributed by atoms with Gasteiger partial charge < -0.3 is 0 Å². The maximum Gasteiger partial charge on any atom is 0.420 e. The van der Waals surface area contributed by atoms with E-state index in [9.17, 15) is 21.6 Å². The van der Waals surface area contributed by atoms with Crippen LogP contribution in [0.25, 0.3) is 0 Å². The van der Waals surface area contributed by atoms with E-state index in [1.165, 1.54) is 36.4 Å². The predicted octanol–water partition coefficient (Wildman–Crippen LogP) is 3.99. The second kappa shape index (κ2) is 6.67. The van der Waals surface area contributed by atoms with Crippen LogP contribution in [0.2, 0.25) is 0 Å². The van der Waals surface area contributed by atoms with Crippen molar-refractivity contribution in [2.45, 2.75) is 24.1 Å². The van der Waals surface area contributed by atoms with Gasteiger partial charge in [-0.15, -0.1) is 6.42 Å². The van der Waals surface area contributed by atoms with Gasteiger partial charge >= 0.3 is 6.18 Å². The van der Waals surface area contributed by atoms with Crippen molar-refractivity contribution in [1.82, 2.24) is 0 Å². The third-order valence-electron chi connectivity index (χ3n) is 3.21. The lowest BCUT2D eigenvalue weighted by Crippen LogP contribution is -2.26. The van der Waals surface area contributed by atoms with Crippen molar-refractivity contribution in [3.05, 3.63) is 65.2 Å². The van der Waals surface area contributed by atoms with E-state index in [1.54, 1.807) is 6.92 Å². The average molecular weight is 354 g/mol. The molecular weight excluding hydrogens is 341 g/mol. The average Bonchev–Trinajstić information content (AvgIpc) is 2.53. The molecule has 0 saturated carbocycles. The van der Waals surface area contributed by atoms with Crippen LogP contribution < -0.4 is 0 Å². The fourth-order valence-corrected chi connectivity index (χ4v) is 2.99. The second-order valence-corrected chi connectivity index (χ2v) is 6.62. The van der Waals surface area contributed by atoms with E-state index in [4.69, 9.17) is 6.42 Å². The lowest BCUT2D eigenvalue weighted by molar-refractivity contribution is -0.196. The quantitative estimate of drug-likeness (QED) is 0.616. The van der Waals surface area contributed by atoms with Gasteiger partial charge in [-0.2, -0.15) is 21.6 Å².